The van der Waals surface area contributed by atoms with Crippen LogP contribution in [0.25, 0.3) is 97.9 Å². The van der Waals surface area contributed by atoms with E-state index in [1.54, 1.807) is 0 Å². The molecule has 0 spiro atoms. The van der Waals surface area contributed by atoms with E-state index in [9.17, 15) is 0 Å². The van der Waals surface area contributed by atoms with Crippen LogP contribution in [0, 0.1) is 7.14 Å². The molecule has 1 aliphatic carbocycles. The molecule has 0 fully saturated rings. The third kappa shape index (κ3) is 5.77. The molecule has 0 bridgehead atoms. The number of para-hydroxylation sites is 1. The molecule has 4 heteroatoms. The van der Waals surface area contributed by atoms with Gasteiger partial charge in [-0.1, -0.05) is 30.3 Å². The molecular formula is C61H41IN2S. The van der Waals surface area contributed by atoms with Gasteiger partial charge in [-0.25, -0.2) is 0 Å². The summed E-state index contributed by atoms with van der Waals surface area (Å²) in [4.78, 5) is 5.64. The van der Waals surface area contributed by atoms with E-state index in [1.807, 2.05) is 11.3 Å². The second-order valence-electron chi connectivity index (χ2n) is 17.0. The summed E-state index contributed by atoms with van der Waals surface area (Å²) in [5, 5.41) is 7.55. The molecule has 1 atom stereocenters. The van der Waals surface area contributed by atoms with Crippen molar-refractivity contribution in [3.05, 3.63) is 234 Å². The van der Waals surface area contributed by atoms with E-state index in [2.05, 4.69) is 218 Å². The Morgan fingerprint density at radius 3 is 2.11 bits per heavy atom. The Hall–Kier alpha value is -7.25. The zero-order chi connectivity index (χ0) is 43.4. The molecule has 1 unspecified atom stereocenters. The van der Waals surface area contributed by atoms with Gasteiger partial charge in [-0.3, -0.25) is 0 Å². The van der Waals surface area contributed by atoms with Gasteiger partial charge in [0.1, 0.15) is 0 Å². The van der Waals surface area contributed by atoms with E-state index >= 15 is 0 Å². The summed E-state index contributed by atoms with van der Waals surface area (Å²) in [7, 11) is 0. The van der Waals surface area contributed by atoms with Crippen molar-refractivity contribution in [2.75, 3.05) is 0 Å². The number of aliphatic imine (C=N–C) groups is 1. The fourth-order valence-electron chi connectivity index (χ4n) is 10.4. The average Bonchev–Trinajstić information content (AvgIpc) is 3.97. The molecular weight excluding hydrogens is 920 g/mol. The predicted octanol–water partition coefficient (Wildman–Crippen LogP) is 17.0. The van der Waals surface area contributed by atoms with E-state index < -0.39 is 18.0 Å². The Balaban J connectivity index is 0.983. The van der Waals surface area contributed by atoms with Gasteiger partial charge in [0.2, 0.25) is 0 Å². The van der Waals surface area contributed by atoms with Crippen molar-refractivity contribution in [2.24, 2.45) is 4.99 Å². The molecule has 2 aliphatic rings. The zero-order valence-electron chi connectivity index (χ0n) is 35.7. The molecule has 0 amide bonds. The van der Waals surface area contributed by atoms with Gasteiger partial charge in [0, 0.05) is 0 Å². The van der Waals surface area contributed by atoms with E-state index in [0.717, 1.165) is 20.7 Å². The van der Waals surface area contributed by atoms with E-state index in [-0.39, 0.29) is 0 Å². The predicted molar refractivity (Wildman–Crippen MR) is 292 cm³/mol. The summed E-state index contributed by atoms with van der Waals surface area (Å²) in [6.45, 7) is 7.14. The number of halogens is 1. The van der Waals surface area contributed by atoms with Crippen molar-refractivity contribution in [2.45, 2.75) is 6.92 Å². The summed E-state index contributed by atoms with van der Waals surface area (Å²) in [5.41, 5.74) is 15.4. The standard InChI is InChI=1S/C61H41IN2S/c1-38(45-28-16-21-41-19-7-9-24-46(41)45)61-47-25-10-8-20-42(47)31-32-56(61)63-39(2)62(3)54-29-13-11-26-48(54)50-34-52-53-35-51-49-27-12-14-30-57(49)64(58(51)37-60(53)65-59(52)36-55(50)62)44-23-15-22-43(33-44)40-17-5-4-6-18-40/h4-37H,2-3H2,1H3/b61-38+,63-56?. The number of fused-ring (bicyclic) bond motifs is 11. The zero-order valence-corrected chi connectivity index (χ0v) is 38.7. The summed E-state index contributed by atoms with van der Waals surface area (Å²) < 4.78 is 13.8. The fourth-order valence-corrected chi connectivity index (χ4v) is 19.0. The van der Waals surface area contributed by atoms with Crippen molar-refractivity contribution < 1.29 is 0 Å². The minimum absolute atomic E-state index is 0.898. The monoisotopic (exact) mass is 960 g/mol. The molecule has 13 rings (SSSR count). The van der Waals surface area contributed by atoms with Crippen molar-refractivity contribution in [1.29, 1.82) is 0 Å². The van der Waals surface area contributed by atoms with Crippen molar-refractivity contribution >= 4 is 109 Å². The first-order chi connectivity index (χ1) is 31.9. The summed E-state index contributed by atoms with van der Waals surface area (Å²) in [6, 6.07) is 71.1. The first-order valence-electron chi connectivity index (χ1n) is 22.0. The SMILES string of the molecule is C=C(N=C1C=Cc2ccccc2/C1=C(/C)c1cccc2ccccc12)I1(=C)c2ccccc2-c2cc3c(cc21)sc1cc2c(cc13)c1ccccc1n2-c1cccc(-c2ccccc2)c1. The van der Waals surface area contributed by atoms with Gasteiger partial charge in [0.05, 0.1) is 0 Å². The molecule has 308 valence electrons. The van der Waals surface area contributed by atoms with Crippen LogP contribution in [-0.2, 0) is 0 Å². The number of hydrogen-bond donors (Lipinski definition) is 0. The van der Waals surface area contributed by atoms with Gasteiger partial charge in [-0.05, 0) is 0 Å². The molecule has 0 saturated carbocycles. The molecule has 65 heavy (non-hydrogen) atoms. The first-order valence-corrected chi connectivity index (χ1v) is 27.5. The molecule has 0 saturated heterocycles. The molecule has 11 aromatic rings. The number of allylic oxidation sites excluding steroid dienone is 3. The molecule has 3 heterocycles. The summed E-state index contributed by atoms with van der Waals surface area (Å²) in [5.74, 6) is 0. The van der Waals surface area contributed by atoms with Gasteiger partial charge in [-0.2, -0.15) is 0 Å². The molecule has 1 aliphatic heterocycles. The molecule has 2 nitrogen and oxygen atoms in total. The Morgan fingerprint density at radius 1 is 0.523 bits per heavy atom. The van der Waals surface area contributed by atoms with Gasteiger partial charge in [0.15, 0.2) is 0 Å². The fraction of sp³-hybridized carbons (Fsp3) is 0.0164. The quantitative estimate of drug-likeness (QED) is 0.121. The second-order valence-corrected chi connectivity index (χ2v) is 25.6. The molecule has 9 aromatic carbocycles. The maximum atomic E-state index is 5.64. The van der Waals surface area contributed by atoms with Crippen LogP contribution in [0.4, 0.5) is 0 Å². The number of rotatable bonds is 5. The van der Waals surface area contributed by atoms with Crippen LogP contribution in [0.5, 0.6) is 0 Å². The number of aromatic nitrogens is 1. The van der Waals surface area contributed by atoms with Gasteiger partial charge in [0.25, 0.3) is 0 Å². The average molecular weight is 961 g/mol. The minimum atomic E-state index is -3.52. The summed E-state index contributed by atoms with van der Waals surface area (Å²) in [6.07, 6.45) is 4.40. The van der Waals surface area contributed by atoms with Crippen LogP contribution in [0.3, 0.4) is 0 Å². The second kappa shape index (κ2) is 14.6. The van der Waals surface area contributed by atoms with Gasteiger partial charge >= 0.3 is 358 Å². The summed E-state index contributed by atoms with van der Waals surface area (Å²) >= 11 is -1.64. The third-order valence-electron chi connectivity index (χ3n) is 13.5. The van der Waals surface area contributed by atoms with E-state index in [4.69, 9.17) is 16.1 Å². The van der Waals surface area contributed by atoms with Crippen LogP contribution in [-0.4, -0.2) is 14.8 Å². The van der Waals surface area contributed by atoms with Crippen LogP contribution in [0.15, 0.2) is 215 Å². The topological polar surface area (TPSA) is 17.3 Å². The molecule has 0 N–H and O–H groups in total. The Bertz CT molecular complexity index is 4000. The van der Waals surface area contributed by atoms with Crippen LogP contribution in [0.2, 0.25) is 0 Å². The van der Waals surface area contributed by atoms with Gasteiger partial charge in [-0.15, -0.1) is 0 Å². The molecule has 2 aromatic heterocycles. The Labute approximate surface area is 385 Å². The number of thiophene rings is 1. The van der Waals surface area contributed by atoms with E-state index in [0.29, 0.717) is 0 Å². The Morgan fingerprint density at radius 2 is 1.22 bits per heavy atom. The molecule has 0 radical (unpaired) electrons. The van der Waals surface area contributed by atoms with Crippen molar-refractivity contribution in [3.8, 4) is 27.9 Å². The number of nitrogens with zero attached hydrogens (tertiary/aromatic N) is 2. The van der Waals surface area contributed by atoms with Crippen LogP contribution < -0.4 is 0 Å². The van der Waals surface area contributed by atoms with Gasteiger partial charge < -0.3 is 0 Å². The number of benzene rings is 9. The van der Waals surface area contributed by atoms with Crippen molar-refractivity contribution in [1.82, 2.24) is 4.57 Å². The Kier molecular flexibility index (Phi) is 8.61. The normalized spacial score (nSPS) is 17.7. The van der Waals surface area contributed by atoms with Crippen molar-refractivity contribution in [3.63, 3.8) is 0 Å². The van der Waals surface area contributed by atoms with Crippen LogP contribution in [0.1, 0.15) is 23.6 Å². The number of hydrogen-bond acceptors (Lipinski definition) is 2. The van der Waals surface area contributed by atoms with E-state index in [1.165, 1.54) is 104 Å². The van der Waals surface area contributed by atoms with Crippen LogP contribution >= 0.6 is 29.3 Å². The maximum absolute atomic E-state index is 5.64. The first kappa shape index (κ1) is 38.2. The third-order valence-corrected chi connectivity index (χ3v) is 22.8.